The van der Waals surface area contributed by atoms with Crippen molar-refractivity contribution < 1.29 is 14.4 Å². The standard InChI is InChI=1S/C10H14N2O3S/c1-16-10(4-2-3-5-10)6-12-8(14)7(13)11-9(12)15/h2-6H2,1H3,(H,11,13,15). The molecule has 1 heterocycles. The van der Waals surface area contributed by atoms with Gasteiger partial charge in [-0.05, 0) is 19.1 Å². The van der Waals surface area contributed by atoms with Crippen LogP contribution in [0.2, 0.25) is 0 Å². The first-order chi connectivity index (χ1) is 7.58. The van der Waals surface area contributed by atoms with Crippen molar-refractivity contribution in [2.45, 2.75) is 30.4 Å². The lowest BCUT2D eigenvalue weighted by molar-refractivity contribution is -0.140. The molecule has 1 aliphatic heterocycles. The lowest BCUT2D eigenvalue weighted by Crippen LogP contribution is -2.42. The first kappa shape index (κ1) is 11.4. The maximum Gasteiger partial charge on any atom is 0.331 e. The summed E-state index contributed by atoms with van der Waals surface area (Å²) in [7, 11) is 0. The number of hydrogen-bond acceptors (Lipinski definition) is 4. The molecule has 0 radical (unpaired) electrons. The van der Waals surface area contributed by atoms with Gasteiger partial charge in [0.1, 0.15) is 0 Å². The Hall–Kier alpha value is -1.04. The number of amides is 4. The van der Waals surface area contributed by atoms with Gasteiger partial charge in [-0.2, -0.15) is 11.8 Å². The van der Waals surface area contributed by atoms with E-state index < -0.39 is 17.8 Å². The summed E-state index contributed by atoms with van der Waals surface area (Å²) < 4.78 is -0.0440. The molecule has 0 aromatic carbocycles. The Bertz CT molecular complexity index is 350. The van der Waals surface area contributed by atoms with Crippen molar-refractivity contribution in [3.8, 4) is 0 Å². The normalized spacial score (nSPS) is 24.1. The van der Waals surface area contributed by atoms with E-state index in [1.807, 2.05) is 11.6 Å². The van der Waals surface area contributed by atoms with Crippen LogP contribution in [0.15, 0.2) is 0 Å². The molecule has 4 amide bonds. The summed E-state index contributed by atoms with van der Waals surface area (Å²) in [4.78, 5) is 34.9. The van der Waals surface area contributed by atoms with Crippen molar-refractivity contribution in [3.05, 3.63) is 0 Å². The van der Waals surface area contributed by atoms with E-state index in [9.17, 15) is 14.4 Å². The second kappa shape index (κ2) is 4.08. The van der Waals surface area contributed by atoms with Gasteiger partial charge in [-0.15, -0.1) is 0 Å². The number of hydrogen-bond donors (Lipinski definition) is 1. The maximum absolute atomic E-state index is 11.4. The summed E-state index contributed by atoms with van der Waals surface area (Å²) in [5.41, 5.74) is 0. The zero-order valence-corrected chi connectivity index (χ0v) is 9.93. The summed E-state index contributed by atoms with van der Waals surface area (Å²) in [5, 5.41) is 2.02. The van der Waals surface area contributed by atoms with Crippen LogP contribution in [0.4, 0.5) is 4.79 Å². The van der Waals surface area contributed by atoms with Crippen LogP contribution in [0.25, 0.3) is 0 Å². The number of imide groups is 2. The van der Waals surface area contributed by atoms with Crippen molar-refractivity contribution in [2.75, 3.05) is 12.8 Å². The quantitative estimate of drug-likeness (QED) is 0.585. The number of rotatable bonds is 3. The summed E-state index contributed by atoms with van der Waals surface area (Å²) in [5.74, 6) is -1.52. The topological polar surface area (TPSA) is 66.5 Å². The maximum atomic E-state index is 11.4. The molecule has 1 aliphatic carbocycles. The monoisotopic (exact) mass is 242 g/mol. The molecule has 0 bridgehead atoms. The van der Waals surface area contributed by atoms with Crippen LogP contribution in [0, 0.1) is 0 Å². The van der Waals surface area contributed by atoms with E-state index >= 15 is 0 Å². The van der Waals surface area contributed by atoms with Gasteiger partial charge in [0, 0.05) is 11.3 Å². The van der Waals surface area contributed by atoms with Gasteiger partial charge in [-0.3, -0.25) is 19.8 Å². The first-order valence-corrected chi connectivity index (χ1v) is 6.52. The van der Waals surface area contributed by atoms with Gasteiger partial charge in [0.25, 0.3) is 0 Å². The fourth-order valence-electron chi connectivity index (χ4n) is 2.31. The minimum atomic E-state index is -0.806. The molecule has 0 atom stereocenters. The molecule has 0 aromatic rings. The summed E-state index contributed by atoms with van der Waals surface area (Å²) in [6.07, 6.45) is 6.24. The molecule has 2 aliphatic rings. The molecule has 16 heavy (non-hydrogen) atoms. The van der Waals surface area contributed by atoms with Crippen molar-refractivity contribution in [1.82, 2.24) is 10.2 Å². The summed E-state index contributed by atoms with van der Waals surface area (Å²) in [6.45, 7) is 0.352. The fraction of sp³-hybridized carbons (Fsp3) is 0.700. The Morgan fingerprint density at radius 2 is 1.94 bits per heavy atom. The summed E-state index contributed by atoms with van der Waals surface area (Å²) >= 11 is 1.69. The lowest BCUT2D eigenvalue weighted by atomic mass is 10.1. The first-order valence-electron chi connectivity index (χ1n) is 5.30. The van der Waals surface area contributed by atoms with Gasteiger partial charge in [0.15, 0.2) is 0 Å². The third kappa shape index (κ3) is 1.81. The third-order valence-electron chi connectivity index (χ3n) is 3.30. The van der Waals surface area contributed by atoms with Crippen LogP contribution in [0.1, 0.15) is 25.7 Å². The van der Waals surface area contributed by atoms with E-state index in [2.05, 4.69) is 0 Å². The highest BCUT2D eigenvalue weighted by Crippen LogP contribution is 2.41. The molecule has 2 fully saturated rings. The Morgan fingerprint density at radius 3 is 2.38 bits per heavy atom. The molecule has 2 rings (SSSR count). The second-order valence-electron chi connectivity index (χ2n) is 4.24. The van der Waals surface area contributed by atoms with Gasteiger partial charge < -0.3 is 0 Å². The minimum Gasteiger partial charge on any atom is -0.269 e. The van der Waals surface area contributed by atoms with E-state index in [1.165, 1.54) is 0 Å². The molecule has 1 saturated heterocycles. The van der Waals surface area contributed by atoms with Crippen molar-refractivity contribution in [2.24, 2.45) is 0 Å². The zero-order valence-electron chi connectivity index (χ0n) is 9.12. The van der Waals surface area contributed by atoms with Crippen molar-refractivity contribution in [3.63, 3.8) is 0 Å². The Labute approximate surface area is 97.9 Å². The average Bonchev–Trinajstić information content (AvgIpc) is 2.81. The summed E-state index contributed by atoms with van der Waals surface area (Å²) in [6, 6.07) is -0.574. The highest BCUT2D eigenvalue weighted by atomic mass is 32.2. The van der Waals surface area contributed by atoms with Crippen LogP contribution < -0.4 is 5.32 Å². The smallest absolute Gasteiger partial charge is 0.269 e. The number of nitrogens with one attached hydrogen (secondary N) is 1. The number of urea groups is 1. The average molecular weight is 242 g/mol. The largest absolute Gasteiger partial charge is 0.331 e. The van der Waals surface area contributed by atoms with Crippen LogP contribution >= 0.6 is 11.8 Å². The Kier molecular flexibility index (Phi) is 2.92. The zero-order chi connectivity index (χ0) is 11.8. The van der Waals surface area contributed by atoms with Crippen LogP contribution in [0.5, 0.6) is 0 Å². The fourth-order valence-corrected chi connectivity index (χ4v) is 3.27. The van der Waals surface area contributed by atoms with E-state index in [0.717, 1.165) is 30.6 Å². The van der Waals surface area contributed by atoms with Gasteiger partial charge in [-0.25, -0.2) is 4.79 Å². The Morgan fingerprint density at radius 1 is 1.31 bits per heavy atom. The number of carbonyl (C=O) groups excluding carboxylic acids is 3. The van der Waals surface area contributed by atoms with Crippen LogP contribution in [-0.4, -0.2) is 40.3 Å². The van der Waals surface area contributed by atoms with E-state index in [4.69, 9.17) is 0 Å². The van der Waals surface area contributed by atoms with E-state index in [0.29, 0.717) is 6.54 Å². The van der Waals surface area contributed by atoms with Gasteiger partial charge in [0.2, 0.25) is 0 Å². The van der Waals surface area contributed by atoms with Crippen LogP contribution in [0.3, 0.4) is 0 Å². The molecular formula is C10H14N2O3S. The number of carbonyl (C=O) groups is 3. The lowest BCUT2D eigenvalue weighted by Gasteiger charge is -2.29. The van der Waals surface area contributed by atoms with Crippen molar-refractivity contribution in [1.29, 1.82) is 0 Å². The minimum absolute atomic E-state index is 0.0440. The highest BCUT2D eigenvalue weighted by molar-refractivity contribution is 8.00. The number of nitrogens with zero attached hydrogens (tertiary/aromatic N) is 1. The molecule has 1 N–H and O–H groups in total. The van der Waals surface area contributed by atoms with Gasteiger partial charge in [0.05, 0.1) is 0 Å². The SMILES string of the molecule is CSC1(CN2C(=O)NC(=O)C2=O)CCCC1. The molecule has 0 unspecified atom stereocenters. The predicted octanol–water partition coefficient (Wildman–Crippen LogP) is 0.741. The molecule has 5 nitrogen and oxygen atoms in total. The van der Waals surface area contributed by atoms with E-state index in [1.54, 1.807) is 11.8 Å². The molecule has 1 saturated carbocycles. The Balaban J connectivity index is 2.11. The molecule has 0 spiro atoms. The van der Waals surface area contributed by atoms with Crippen LogP contribution in [-0.2, 0) is 9.59 Å². The predicted molar refractivity (Wildman–Crippen MR) is 60.0 cm³/mol. The number of thioether (sulfide) groups is 1. The molecule has 88 valence electrons. The van der Waals surface area contributed by atoms with E-state index in [-0.39, 0.29) is 4.75 Å². The molecule has 0 aromatic heterocycles. The molecular weight excluding hydrogens is 228 g/mol. The highest BCUT2D eigenvalue weighted by Gasteiger charge is 2.43. The third-order valence-corrected chi connectivity index (χ3v) is 4.70. The van der Waals surface area contributed by atoms with Gasteiger partial charge in [-0.1, -0.05) is 12.8 Å². The molecule has 6 heteroatoms. The second-order valence-corrected chi connectivity index (χ2v) is 5.52. The van der Waals surface area contributed by atoms with Crippen molar-refractivity contribution >= 4 is 29.6 Å². The van der Waals surface area contributed by atoms with Gasteiger partial charge >= 0.3 is 17.8 Å².